The van der Waals surface area contributed by atoms with Crippen LogP contribution in [0.2, 0.25) is 0 Å². The van der Waals surface area contributed by atoms with E-state index in [9.17, 15) is 0 Å². The molecule has 0 radical (unpaired) electrons. The Balaban J connectivity index is 3.73. The summed E-state index contributed by atoms with van der Waals surface area (Å²) in [5.41, 5.74) is 0. The Morgan fingerprint density at radius 2 is 0.929 bits per heavy atom. The Labute approximate surface area is 89.3 Å². The number of nitrogens with zero attached hydrogens (tertiary/aromatic N) is 2. The van der Waals surface area contributed by atoms with Crippen molar-refractivity contribution >= 4 is 0 Å². The smallest absolute Gasteiger partial charge is 0.0970 e. The molecule has 0 amide bonds. The first-order chi connectivity index (χ1) is 6.21. The third-order valence-electron chi connectivity index (χ3n) is 1.69. The number of hydrogen-bond acceptors (Lipinski definition) is 0. The largest absolute Gasteiger partial charge is 0.328 e. The van der Waals surface area contributed by atoms with E-state index in [1.54, 1.807) is 0 Å². The number of allylic oxidation sites excluding steroid dienone is 2. The Kier molecular flexibility index (Phi) is 5.09. The Morgan fingerprint density at radius 1 is 0.643 bits per heavy atom. The zero-order valence-electron chi connectivity index (χ0n) is 10.6. The average Bonchev–Trinajstić information content (AvgIpc) is 1.92. The van der Waals surface area contributed by atoms with Gasteiger partial charge < -0.3 is 8.97 Å². The summed E-state index contributed by atoms with van der Waals surface area (Å²) >= 11 is 0. The number of hydrogen-bond donors (Lipinski definition) is 0. The quantitative estimate of drug-likeness (QED) is 0.464. The number of quaternary nitrogens is 2. The van der Waals surface area contributed by atoms with Gasteiger partial charge in [0.2, 0.25) is 0 Å². The highest BCUT2D eigenvalue weighted by Gasteiger charge is 2.02. The first kappa shape index (κ1) is 13.4. The minimum atomic E-state index is 0.986. The number of rotatable bonds is 5. The zero-order chi connectivity index (χ0) is 11.2. The van der Waals surface area contributed by atoms with Gasteiger partial charge in [-0.05, 0) is 12.2 Å². The molecule has 0 aliphatic carbocycles. The van der Waals surface area contributed by atoms with Gasteiger partial charge in [-0.25, -0.2) is 0 Å². The molecule has 0 heterocycles. The first-order valence-corrected chi connectivity index (χ1v) is 5.13. The van der Waals surface area contributed by atoms with Crippen molar-refractivity contribution in [3.8, 4) is 0 Å². The van der Waals surface area contributed by atoms with E-state index in [4.69, 9.17) is 0 Å². The van der Waals surface area contributed by atoms with Crippen molar-refractivity contribution in [1.82, 2.24) is 0 Å². The van der Waals surface area contributed by atoms with Crippen LogP contribution in [-0.2, 0) is 0 Å². The molecule has 0 aromatic heterocycles. The molecule has 0 aromatic rings. The summed E-state index contributed by atoms with van der Waals surface area (Å²) in [6, 6.07) is 0. The van der Waals surface area contributed by atoms with Crippen LogP contribution < -0.4 is 0 Å². The summed E-state index contributed by atoms with van der Waals surface area (Å²) < 4.78 is 1.97. The van der Waals surface area contributed by atoms with E-state index in [0.717, 1.165) is 22.1 Å². The lowest BCUT2D eigenvalue weighted by Crippen LogP contribution is -2.34. The second kappa shape index (κ2) is 5.32. The van der Waals surface area contributed by atoms with Gasteiger partial charge in [0.1, 0.15) is 0 Å². The molecule has 0 atom stereocenters. The van der Waals surface area contributed by atoms with Crippen LogP contribution in [0.4, 0.5) is 0 Å². The maximum Gasteiger partial charge on any atom is 0.0970 e. The van der Waals surface area contributed by atoms with Gasteiger partial charge in [-0.3, -0.25) is 0 Å². The third-order valence-corrected chi connectivity index (χ3v) is 1.69. The SMILES string of the molecule is C[N+](C)(C)CC=CC=CC[N+](C)(C)C. The topological polar surface area (TPSA) is 0 Å². The zero-order valence-corrected chi connectivity index (χ0v) is 10.6. The van der Waals surface area contributed by atoms with Crippen LogP contribution in [0.1, 0.15) is 0 Å². The molecule has 0 aliphatic heterocycles. The molecule has 2 heteroatoms. The lowest BCUT2D eigenvalue weighted by molar-refractivity contribution is -0.864. The van der Waals surface area contributed by atoms with Crippen molar-refractivity contribution in [2.75, 3.05) is 55.4 Å². The van der Waals surface area contributed by atoms with Crippen molar-refractivity contribution in [1.29, 1.82) is 0 Å². The van der Waals surface area contributed by atoms with Gasteiger partial charge in [0.15, 0.2) is 0 Å². The van der Waals surface area contributed by atoms with E-state index in [1.807, 2.05) is 0 Å². The first-order valence-electron chi connectivity index (χ1n) is 5.13. The second-order valence-electron chi connectivity index (χ2n) is 5.80. The van der Waals surface area contributed by atoms with Gasteiger partial charge in [-0.2, -0.15) is 0 Å². The Hall–Kier alpha value is -0.600. The van der Waals surface area contributed by atoms with Crippen molar-refractivity contribution < 1.29 is 8.97 Å². The van der Waals surface area contributed by atoms with Crippen LogP contribution >= 0.6 is 0 Å². The van der Waals surface area contributed by atoms with E-state index >= 15 is 0 Å². The maximum absolute atomic E-state index is 2.21. The van der Waals surface area contributed by atoms with Crippen LogP contribution in [0.15, 0.2) is 24.3 Å². The second-order valence-corrected chi connectivity index (χ2v) is 5.80. The highest BCUT2D eigenvalue weighted by Crippen LogP contribution is 1.92. The molecule has 82 valence electrons. The van der Waals surface area contributed by atoms with Gasteiger partial charge in [0, 0.05) is 0 Å². The highest BCUT2D eigenvalue weighted by molar-refractivity contribution is 5.02. The van der Waals surface area contributed by atoms with Crippen molar-refractivity contribution in [2.45, 2.75) is 0 Å². The number of likely N-dealkylation sites (N-methyl/N-ethyl adjacent to an activating group) is 2. The molecule has 0 fully saturated rings. The van der Waals surface area contributed by atoms with E-state index in [-0.39, 0.29) is 0 Å². The predicted molar refractivity (Wildman–Crippen MR) is 64.1 cm³/mol. The predicted octanol–water partition coefficient (Wildman–Crippen LogP) is 1.51. The molecule has 0 spiro atoms. The minimum Gasteiger partial charge on any atom is -0.328 e. The summed E-state index contributed by atoms with van der Waals surface area (Å²) in [5.74, 6) is 0. The van der Waals surface area contributed by atoms with Crippen molar-refractivity contribution in [2.24, 2.45) is 0 Å². The third kappa shape index (κ3) is 11.4. The molecular weight excluding hydrogens is 172 g/mol. The molecule has 0 unspecified atom stereocenters. The van der Waals surface area contributed by atoms with Gasteiger partial charge in [-0.1, -0.05) is 12.2 Å². The Bertz CT molecular complexity index is 177. The molecule has 0 bridgehead atoms. The molecular formula is C12H26N2+2. The summed E-state index contributed by atoms with van der Waals surface area (Å²) in [4.78, 5) is 0. The fraction of sp³-hybridized carbons (Fsp3) is 0.667. The fourth-order valence-corrected chi connectivity index (χ4v) is 0.911. The summed E-state index contributed by atoms with van der Waals surface area (Å²) in [5, 5.41) is 0. The minimum absolute atomic E-state index is 0.986. The van der Waals surface area contributed by atoms with Crippen LogP contribution in [0.25, 0.3) is 0 Å². The highest BCUT2D eigenvalue weighted by atomic mass is 15.3. The molecule has 0 aromatic carbocycles. The lowest BCUT2D eigenvalue weighted by atomic mass is 10.4. The molecule has 0 saturated carbocycles. The fourth-order valence-electron chi connectivity index (χ4n) is 0.911. The van der Waals surface area contributed by atoms with E-state index in [1.165, 1.54) is 0 Å². The monoisotopic (exact) mass is 198 g/mol. The molecule has 0 N–H and O–H groups in total. The summed E-state index contributed by atoms with van der Waals surface area (Å²) in [7, 11) is 13.2. The molecule has 0 aliphatic rings. The Morgan fingerprint density at radius 3 is 1.14 bits per heavy atom. The standard InChI is InChI=1S/C12H26N2/c1-13(2,3)11-9-7-8-10-12-14(4,5)6/h7-10H,11-12H2,1-6H3/q+2. The normalized spacial score (nSPS) is 14.4. The summed E-state index contributed by atoms with van der Waals surface area (Å²) in [6.45, 7) is 2.16. The molecule has 14 heavy (non-hydrogen) atoms. The van der Waals surface area contributed by atoms with Crippen molar-refractivity contribution in [3.63, 3.8) is 0 Å². The van der Waals surface area contributed by atoms with Crippen LogP contribution in [0.3, 0.4) is 0 Å². The van der Waals surface area contributed by atoms with Gasteiger partial charge >= 0.3 is 0 Å². The van der Waals surface area contributed by atoms with Crippen LogP contribution in [0, 0.1) is 0 Å². The van der Waals surface area contributed by atoms with Crippen LogP contribution in [-0.4, -0.2) is 64.3 Å². The molecule has 0 saturated heterocycles. The van der Waals surface area contributed by atoms with E-state index in [2.05, 4.69) is 66.6 Å². The van der Waals surface area contributed by atoms with Gasteiger partial charge in [-0.15, -0.1) is 0 Å². The van der Waals surface area contributed by atoms with E-state index < -0.39 is 0 Å². The maximum atomic E-state index is 2.21. The summed E-state index contributed by atoms with van der Waals surface area (Å²) in [6.07, 6.45) is 8.70. The molecule has 2 nitrogen and oxygen atoms in total. The van der Waals surface area contributed by atoms with Gasteiger partial charge in [0.05, 0.1) is 55.4 Å². The van der Waals surface area contributed by atoms with E-state index in [0.29, 0.717) is 0 Å². The average molecular weight is 198 g/mol. The van der Waals surface area contributed by atoms with Crippen molar-refractivity contribution in [3.05, 3.63) is 24.3 Å². The lowest BCUT2D eigenvalue weighted by Gasteiger charge is -2.21. The molecule has 0 rings (SSSR count). The van der Waals surface area contributed by atoms with Gasteiger partial charge in [0.25, 0.3) is 0 Å². The van der Waals surface area contributed by atoms with Crippen LogP contribution in [0.5, 0.6) is 0 Å².